The molecule has 0 saturated heterocycles. The van der Waals surface area contributed by atoms with Gasteiger partial charge in [0.25, 0.3) is 6.43 Å². The molecule has 0 radical (unpaired) electrons. The van der Waals surface area contributed by atoms with Gasteiger partial charge in [0.15, 0.2) is 5.69 Å². The van der Waals surface area contributed by atoms with Crippen molar-refractivity contribution in [3.05, 3.63) is 18.1 Å². The minimum atomic E-state index is -2.61. The molecule has 94 valence electrons. The van der Waals surface area contributed by atoms with Gasteiger partial charge < -0.3 is 15.1 Å². The number of aromatic nitrogens is 2. The van der Waals surface area contributed by atoms with E-state index in [2.05, 4.69) is 9.97 Å². The van der Waals surface area contributed by atoms with Crippen molar-refractivity contribution in [2.75, 3.05) is 24.6 Å². The fourth-order valence-electron chi connectivity index (χ4n) is 1.20. The molecule has 0 aliphatic rings. The van der Waals surface area contributed by atoms with Gasteiger partial charge in [-0.3, -0.25) is 4.98 Å². The summed E-state index contributed by atoms with van der Waals surface area (Å²) in [7, 11) is 0. The number of aromatic carboxylic acids is 1. The molecule has 6 nitrogen and oxygen atoms in total. The molecule has 0 aliphatic carbocycles. The number of carboxylic acid groups (broad SMARTS) is 1. The maximum atomic E-state index is 12.3. The van der Waals surface area contributed by atoms with E-state index in [0.717, 1.165) is 11.1 Å². The highest BCUT2D eigenvalue weighted by Crippen LogP contribution is 2.11. The molecule has 0 aliphatic heterocycles. The van der Waals surface area contributed by atoms with Gasteiger partial charge in [0.05, 0.1) is 25.5 Å². The van der Waals surface area contributed by atoms with E-state index in [1.54, 1.807) is 0 Å². The number of carboxylic acids is 1. The Bertz CT molecular complexity index is 390. The van der Waals surface area contributed by atoms with Crippen molar-refractivity contribution in [1.29, 1.82) is 0 Å². The lowest BCUT2D eigenvalue weighted by Gasteiger charge is -2.21. The summed E-state index contributed by atoms with van der Waals surface area (Å²) in [6.45, 7) is -1.05. The van der Waals surface area contributed by atoms with Crippen LogP contribution in [0.15, 0.2) is 12.4 Å². The second kappa shape index (κ2) is 6.04. The van der Waals surface area contributed by atoms with Crippen molar-refractivity contribution in [3.8, 4) is 0 Å². The van der Waals surface area contributed by atoms with Crippen LogP contribution in [0.5, 0.6) is 0 Å². The van der Waals surface area contributed by atoms with Gasteiger partial charge in [-0.05, 0) is 0 Å². The topological polar surface area (TPSA) is 86.5 Å². The van der Waals surface area contributed by atoms with Crippen LogP contribution in [0.2, 0.25) is 0 Å². The number of carbonyl (C=O) groups is 1. The number of nitrogens with zero attached hydrogens (tertiary/aromatic N) is 3. The average Bonchev–Trinajstić information content (AvgIpc) is 2.28. The molecule has 1 heterocycles. The van der Waals surface area contributed by atoms with Crippen LogP contribution in [0.25, 0.3) is 0 Å². The Morgan fingerprint density at radius 3 is 2.71 bits per heavy atom. The third-order valence-electron chi connectivity index (χ3n) is 1.89. The summed E-state index contributed by atoms with van der Waals surface area (Å²) >= 11 is 0. The third-order valence-corrected chi connectivity index (χ3v) is 1.89. The number of anilines is 1. The fourth-order valence-corrected chi connectivity index (χ4v) is 1.20. The molecule has 0 fully saturated rings. The Morgan fingerprint density at radius 2 is 2.18 bits per heavy atom. The predicted octanol–water partition coefficient (Wildman–Crippen LogP) is 0.239. The lowest BCUT2D eigenvalue weighted by atomic mass is 10.4. The number of alkyl halides is 2. The average molecular weight is 247 g/mol. The lowest BCUT2D eigenvalue weighted by molar-refractivity contribution is 0.0690. The number of halogens is 2. The van der Waals surface area contributed by atoms with Crippen LogP contribution in [0, 0.1) is 0 Å². The normalized spacial score (nSPS) is 10.6. The first kappa shape index (κ1) is 13.2. The first-order valence-corrected chi connectivity index (χ1v) is 4.74. The third kappa shape index (κ3) is 3.91. The molecule has 0 saturated carbocycles. The van der Waals surface area contributed by atoms with Crippen LogP contribution in [-0.2, 0) is 0 Å². The van der Waals surface area contributed by atoms with Crippen LogP contribution in [0.4, 0.5) is 14.6 Å². The maximum Gasteiger partial charge on any atom is 0.356 e. The van der Waals surface area contributed by atoms with Gasteiger partial charge in [-0.25, -0.2) is 18.6 Å². The van der Waals surface area contributed by atoms with Gasteiger partial charge in [0, 0.05) is 6.54 Å². The summed E-state index contributed by atoms with van der Waals surface area (Å²) in [5.74, 6) is -1.29. The van der Waals surface area contributed by atoms with E-state index in [-0.39, 0.29) is 24.7 Å². The van der Waals surface area contributed by atoms with Crippen LogP contribution in [0.3, 0.4) is 0 Å². The monoisotopic (exact) mass is 247 g/mol. The first-order valence-electron chi connectivity index (χ1n) is 4.74. The number of rotatable bonds is 6. The summed E-state index contributed by atoms with van der Waals surface area (Å²) in [4.78, 5) is 19.0. The summed E-state index contributed by atoms with van der Waals surface area (Å²) < 4.78 is 24.5. The summed E-state index contributed by atoms with van der Waals surface area (Å²) in [5, 5.41) is 17.4. The van der Waals surface area contributed by atoms with E-state index in [0.29, 0.717) is 0 Å². The number of hydrogen-bond acceptors (Lipinski definition) is 5. The molecular weight excluding hydrogens is 236 g/mol. The van der Waals surface area contributed by atoms with Crippen molar-refractivity contribution in [3.63, 3.8) is 0 Å². The van der Waals surface area contributed by atoms with E-state index in [1.165, 1.54) is 6.20 Å². The van der Waals surface area contributed by atoms with Gasteiger partial charge in [0.2, 0.25) is 0 Å². The SMILES string of the molecule is O=C(O)c1cncc(N(CCO)CC(F)F)n1. The van der Waals surface area contributed by atoms with Gasteiger partial charge >= 0.3 is 5.97 Å². The Kier molecular flexibility index (Phi) is 4.70. The Morgan fingerprint density at radius 1 is 1.47 bits per heavy atom. The molecule has 1 aromatic heterocycles. The molecule has 0 atom stereocenters. The van der Waals surface area contributed by atoms with Crippen LogP contribution >= 0.6 is 0 Å². The standard InChI is InChI=1S/C9H11F2N3O3/c10-7(11)5-14(1-2-15)8-4-12-3-6(13-8)9(16)17/h3-4,7,15H,1-2,5H2,(H,16,17). The van der Waals surface area contributed by atoms with Crippen molar-refractivity contribution < 1.29 is 23.8 Å². The minimum absolute atomic E-state index is 0.000694. The highest BCUT2D eigenvalue weighted by molar-refractivity contribution is 5.85. The lowest BCUT2D eigenvalue weighted by Crippen LogP contribution is -2.32. The Hall–Kier alpha value is -1.83. The van der Waals surface area contributed by atoms with Crippen molar-refractivity contribution in [2.24, 2.45) is 0 Å². The van der Waals surface area contributed by atoms with Gasteiger partial charge in [0.1, 0.15) is 5.82 Å². The van der Waals surface area contributed by atoms with Gasteiger partial charge in [-0.2, -0.15) is 0 Å². The van der Waals surface area contributed by atoms with Gasteiger partial charge in [-0.1, -0.05) is 0 Å². The minimum Gasteiger partial charge on any atom is -0.476 e. The molecule has 17 heavy (non-hydrogen) atoms. The zero-order valence-corrected chi connectivity index (χ0v) is 8.75. The molecule has 0 amide bonds. The van der Waals surface area contributed by atoms with Crippen molar-refractivity contribution in [2.45, 2.75) is 6.43 Å². The molecular formula is C9H11F2N3O3. The molecule has 0 bridgehead atoms. The molecule has 0 spiro atoms. The summed E-state index contributed by atoms with van der Waals surface area (Å²) in [5.41, 5.74) is -0.334. The molecule has 1 rings (SSSR count). The fraction of sp³-hybridized carbons (Fsp3) is 0.444. The second-order valence-electron chi connectivity index (χ2n) is 3.13. The number of aliphatic hydroxyl groups excluding tert-OH is 1. The van der Waals surface area contributed by atoms with Crippen molar-refractivity contribution in [1.82, 2.24) is 9.97 Å². The Labute approximate surface area is 95.5 Å². The van der Waals surface area contributed by atoms with E-state index in [9.17, 15) is 13.6 Å². The summed E-state index contributed by atoms with van der Waals surface area (Å²) in [6.07, 6.45) is -0.424. The highest BCUT2D eigenvalue weighted by atomic mass is 19.3. The largest absolute Gasteiger partial charge is 0.476 e. The molecule has 0 aromatic carbocycles. The second-order valence-corrected chi connectivity index (χ2v) is 3.13. The van der Waals surface area contributed by atoms with Crippen molar-refractivity contribution >= 4 is 11.8 Å². The molecule has 0 unspecified atom stereocenters. The van der Waals surface area contributed by atoms with E-state index < -0.39 is 18.9 Å². The number of aliphatic hydroxyl groups is 1. The van der Waals surface area contributed by atoms with E-state index >= 15 is 0 Å². The van der Waals surface area contributed by atoms with E-state index in [1.807, 2.05) is 0 Å². The zero-order chi connectivity index (χ0) is 12.8. The Balaban J connectivity index is 2.92. The van der Waals surface area contributed by atoms with Crippen LogP contribution < -0.4 is 4.90 Å². The predicted molar refractivity (Wildman–Crippen MR) is 54.3 cm³/mol. The maximum absolute atomic E-state index is 12.3. The van der Waals surface area contributed by atoms with Crippen LogP contribution in [-0.4, -0.2) is 52.3 Å². The molecule has 8 heteroatoms. The summed E-state index contributed by atoms with van der Waals surface area (Å²) in [6, 6.07) is 0. The quantitative estimate of drug-likeness (QED) is 0.748. The molecule has 2 N–H and O–H groups in total. The van der Waals surface area contributed by atoms with Crippen LogP contribution in [0.1, 0.15) is 10.5 Å². The number of hydrogen-bond donors (Lipinski definition) is 2. The highest BCUT2D eigenvalue weighted by Gasteiger charge is 2.15. The molecule has 1 aromatic rings. The smallest absolute Gasteiger partial charge is 0.356 e. The first-order chi connectivity index (χ1) is 8.04. The zero-order valence-electron chi connectivity index (χ0n) is 8.75. The van der Waals surface area contributed by atoms with Gasteiger partial charge in [-0.15, -0.1) is 0 Å². The van der Waals surface area contributed by atoms with E-state index in [4.69, 9.17) is 10.2 Å².